The van der Waals surface area contributed by atoms with Crippen molar-refractivity contribution in [3.63, 3.8) is 0 Å². The summed E-state index contributed by atoms with van der Waals surface area (Å²) >= 11 is 1.77. The zero-order chi connectivity index (χ0) is 13.7. The average molecular weight is 276 g/mol. The minimum atomic E-state index is 0.174. The lowest BCUT2D eigenvalue weighted by atomic mass is 9.92. The maximum absolute atomic E-state index is 12.4. The second-order valence-electron chi connectivity index (χ2n) is 5.51. The molecule has 0 amide bonds. The summed E-state index contributed by atoms with van der Waals surface area (Å²) in [4.78, 5) is 13.7. The van der Waals surface area contributed by atoms with Crippen LogP contribution >= 0.6 is 11.8 Å². The van der Waals surface area contributed by atoms with E-state index in [4.69, 9.17) is 0 Å². The van der Waals surface area contributed by atoms with E-state index < -0.39 is 0 Å². The normalized spacial score (nSPS) is 19.2. The van der Waals surface area contributed by atoms with E-state index >= 15 is 0 Å². The SMILES string of the molecule is CCCCC(CC)CC(=O)C1Cc2ccccc2S1. The van der Waals surface area contributed by atoms with Crippen LogP contribution in [0.15, 0.2) is 29.2 Å². The van der Waals surface area contributed by atoms with Crippen molar-refractivity contribution in [3.05, 3.63) is 29.8 Å². The first-order valence-electron chi connectivity index (χ1n) is 7.51. The molecular weight excluding hydrogens is 252 g/mol. The molecule has 1 aliphatic heterocycles. The van der Waals surface area contributed by atoms with Gasteiger partial charge in [0.25, 0.3) is 0 Å². The van der Waals surface area contributed by atoms with Crippen LogP contribution in [0.1, 0.15) is 51.5 Å². The molecule has 0 aromatic heterocycles. The summed E-state index contributed by atoms with van der Waals surface area (Å²) in [5, 5.41) is 0.174. The Bertz CT molecular complexity index is 402. The van der Waals surface area contributed by atoms with E-state index in [-0.39, 0.29) is 5.25 Å². The number of ketones is 1. The van der Waals surface area contributed by atoms with Gasteiger partial charge < -0.3 is 0 Å². The van der Waals surface area contributed by atoms with Crippen molar-refractivity contribution in [2.75, 3.05) is 0 Å². The fraction of sp³-hybridized carbons (Fsp3) is 0.588. The molecule has 2 heteroatoms. The van der Waals surface area contributed by atoms with Crippen molar-refractivity contribution in [2.45, 2.75) is 62.5 Å². The quantitative estimate of drug-likeness (QED) is 0.706. The third kappa shape index (κ3) is 3.85. The summed E-state index contributed by atoms with van der Waals surface area (Å²) in [6, 6.07) is 8.43. The molecule has 0 spiro atoms. The van der Waals surface area contributed by atoms with Crippen LogP contribution in [0.2, 0.25) is 0 Å². The van der Waals surface area contributed by atoms with E-state index in [9.17, 15) is 4.79 Å². The number of fused-ring (bicyclic) bond motifs is 1. The highest BCUT2D eigenvalue weighted by molar-refractivity contribution is 8.01. The van der Waals surface area contributed by atoms with E-state index in [0.717, 1.165) is 19.3 Å². The van der Waals surface area contributed by atoms with Crippen molar-refractivity contribution < 1.29 is 4.79 Å². The minimum Gasteiger partial charge on any atom is -0.298 e. The van der Waals surface area contributed by atoms with Gasteiger partial charge in [-0.25, -0.2) is 0 Å². The predicted molar refractivity (Wildman–Crippen MR) is 82.7 cm³/mol. The first-order valence-corrected chi connectivity index (χ1v) is 8.39. The Morgan fingerprint density at radius 2 is 2.16 bits per heavy atom. The van der Waals surface area contributed by atoms with Gasteiger partial charge in [0.2, 0.25) is 0 Å². The molecule has 104 valence electrons. The molecule has 2 atom stereocenters. The molecule has 1 heterocycles. The molecule has 1 aromatic carbocycles. The maximum atomic E-state index is 12.4. The van der Waals surface area contributed by atoms with Crippen LogP contribution in [0.25, 0.3) is 0 Å². The van der Waals surface area contributed by atoms with Gasteiger partial charge in [0.05, 0.1) is 5.25 Å². The van der Waals surface area contributed by atoms with E-state index in [1.54, 1.807) is 11.8 Å². The molecule has 1 nitrogen and oxygen atoms in total. The molecular formula is C17H24OS. The molecule has 1 aromatic rings. The first kappa shape index (κ1) is 14.6. The number of unbranched alkanes of at least 4 members (excludes halogenated alkanes) is 1. The van der Waals surface area contributed by atoms with Gasteiger partial charge in [0, 0.05) is 11.3 Å². The van der Waals surface area contributed by atoms with Crippen LogP contribution in [0, 0.1) is 5.92 Å². The molecule has 19 heavy (non-hydrogen) atoms. The third-order valence-corrected chi connectivity index (χ3v) is 5.41. The summed E-state index contributed by atoms with van der Waals surface area (Å²) in [5.41, 5.74) is 1.35. The number of benzene rings is 1. The second-order valence-corrected chi connectivity index (χ2v) is 6.75. The average Bonchev–Trinajstić information content (AvgIpc) is 2.87. The van der Waals surface area contributed by atoms with Crippen LogP contribution in [0.3, 0.4) is 0 Å². The van der Waals surface area contributed by atoms with Crippen LogP contribution in [-0.4, -0.2) is 11.0 Å². The highest BCUT2D eigenvalue weighted by atomic mass is 32.2. The molecule has 0 radical (unpaired) electrons. The Morgan fingerprint density at radius 1 is 1.37 bits per heavy atom. The van der Waals surface area contributed by atoms with Crippen molar-refractivity contribution in [1.29, 1.82) is 0 Å². The van der Waals surface area contributed by atoms with Gasteiger partial charge in [-0.2, -0.15) is 0 Å². The number of carbonyl (C=O) groups excluding carboxylic acids is 1. The van der Waals surface area contributed by atoms with Gasteiger partial charge in [0.1, 0.15) is 5.78 Å². The molecule has 0 aliphatic carbocycles. The number of Topliss-reactive ketones (excluding diaryl/α,β-unsaturated/α-hetero) is 1. The Kier molecular flexibility index (Phi) is 5.50. The number of hydrogen-bond donors (Lipinski definition) is 0. The number of carbonyl (C=O) groups is 1. The van der Waals surface area contributed by atoms with Crippen molar-refractivity contribution >= 4 is 17.5 Å². The van der Waals surface area contributed by atoms with Crippen molar-refractivity contribution in [1.82, 2.24) is 0 Å². The van der Waals surface area contributed by atoms with E-state index in [2.05, 4.69) is 38.1 Å². The lowest BCUT2D eigenvalue weighted by molar-refractivity contribution is -0.119. The van der Waals surface area contributed by atoms with Gasteiger partial charge in [-0.15, -0.1) is 11.8 Å². The maximum Gasteiger partial charge on any atom is 0.146 e. The van der Waals surface area contributed by atoms with Crippen LogP contribution in [-0.2, 0) is 11.2 Å². The van der Waals surface area contributed by atoms with Crippen molar-refractivity contribution in [2.24, 2.45) is 5.92 Å². The van der Waals surface area contributed by atoms with Gasteiger partial charge in [-0.3, -0.25) is 4.79 Å². The Morgan fingerprint density at radius 3 is 2.84 bits per heavy atom. The number of hydrogen-bond acceptors (Lipinski definition) is 2. The van der Waals surface area contributed by atoms with Gasteiger partial charge >= 0.3 is 0 Å². The molecule has 0 fully saturated rings. The monoisotopic (exact) mass is 276 g/mol. The Balaban J connectivity index is 1.88. The molecule has 2 rings (SSSR count). The zero-order valence-corrected chi connectivity index (χ0v) is 12.8. The molecule has 1 aliphatic rings. The van der Waals surface area contributed by atoms with Gasteiger partial charge in [-0.1, -0.05) is 57.7 Å². The molecule has 2 unspecified atom stereocenters. The summed E-state index contributed by atoms with van der Waals surface area (Å²) in [6.07, 6.45) is 6.54. The number of thioether (sulfide) groups is 1. The summed E-state index contributed by atoms with van der Waals surface area (Å²) in [5.74, 6) is 1.06. The molecule has 0 saturated heterocycles. The fourth-order valence-electron chi connectivity index (χ4n) is 2.72. The largest absolute Gasteiger partial charge is 0.298 e. The van der Waals surface area contributed by atoms with E-state index in [1.807, 2.05) is 0 Å². The lowest BCUT2D eigenvalue weighted by Gasteiger charge is -2.15. The second kappa shape index (κ2) is 7.14. The third-order valence-electron chi connectivity index (χ3n) is 4.04. The van der Waals surface area contributed by atoms with E-state index in [1.165, 1.54) is 29.7 Å². The Labute approximate surface area is 121 Å². The van der Waals surface area contributed by atoms with Crippen LogP contribution in [0.4, 0.5) is 0 Å². The number of rotatable bonds is 7. The topological polar surface area (TPSA) is 17.1 Å². The highest BCUT2D eigenvalue weighted by Gasteiger charge is 2.28. The molecule has 0 saturated carbocycles. The van der Waals surface area contributed by atoms with Crippen LogP contribution < -0.4 is 0 Å². The minimum absolute atomic E-state index is 0.174. The van der Waals surface area contributed by atoms with Crippen molar-refractivity contribution in [3.8, 4) is 0 Å². The summed E-state index contributed by atoms with van der Waals surface area (Å²) in [7, 11) is 0. The smallest absolute Gasteiger partial charge is 0.146 e. The standard InChI is InChI=1S/C17H24OS/c1-3-5-8-13(4-2)11-15(18)17-12-14-9-6-7-10-16(14)19-17/h6-7,9-10,13,17H,3-5,8,11-12H2,1-2H3. The van der Waals surface area contributed by atoms with Gasteiger partial charge in [0.15, 0.2) is 0 Å². The summed E-state index contributed by atoms with van der Waals surface area (Å²) < 4.78 is 0. The summed E-state index contributed by atoms with van der Waals surface area (Å²) in [6.45, 7) is 4.43. The predicted octanol–water partition coefficient (Wildman–Crippen LogP) is 4.88. The first-order chi connectivity index (χ1) is 9.24. The van der Waals surface area contributed by atoms with Crippen LogP contribution in [0.5, 0.6) is 0 Å². The van der Waals surface area contributed by atoms with Gasteiger partial charge in [-0.05, 0) is 24.0 Å². The molecule has 0 N–H and O–H groups in total. The van der Waals surface area contributed by atoms with E-state index in [0.29, 0.717) is 11.7 Å². The highest BCUT2D eigenvalue weighted by Crippen LogP contribution is 2.38. The fourth-order valence-corrected chi connectivity index (χ4v) is 3.98. The Hall–Kier alpha value is -0.760. The lowest BCUT2D eigenvalue weighted by Crippen LogP contribution is -2.19. The molecule has 0 bridgehead atoms. The zero-order valence-electron chi connectivity index (χ0n) is 12.0.